The van der Waals surface area contributed by atoms with Gasteiger partial charge in [-0.3, -0.25) is 9.69 Å². The summed E-state index contributed by atoms with van der Waals surface area (Å²) >= 11 is 0. The molecule has 0 atom stereocenters. The van der Waals surface area contributed by atoms with Crippen molar-refractivity contribution in [2.45, 2.75) is 77.4 Å². The van der Waals surface area contributed by atoms with E-state index >= 15 is 0 Å². The fourth-order valence-electron chi connectivity index (χ4n) is 3.85. The minimum Gasteiger partial charge on any atom is -0.481 e. The third-order valence-corrected chi connectivity index (χ3v) is 4.88. The zero-order chi connectivity index (χ0) is 16.0. The Morgan fingerprint density at radius 1 is 1.20 bits per heavy atom. The van der Waals surface area contributed by atoms with Crippen LogP contribution in [0.3, 0.4) is 0 Å². The molecular formula is C15H28N2O3. The zero-order valence-corrected chi connectivity index (χ0v) is 13.8. The standard InChI is InChI=1S/C15H28N2O3/c1-12(2,11(18)19)8-15(16-20)9-13(3,4)17(7)14(5,6)10-15/h8-10H2,1-7H3,(H,18,19). The maximum Gasteiger partial charge on any atom is 0.309 e. The Morgan fingerprint density at radius 3 is 1.90 bits per heavy atom. The first kappa shape index (κ1) is 17.1. The van der Waals surface area contributed by atoms with Crippen molar-refractivity contribution in [2.75, 3.05) is 7.05 Å². The average Bonchev–Trinajstić information content (AvgIpc) is 2.24. The van der Waals surface area contributed by atoms with Crippen molar-refractivity contribution in [3.05, 3.63) is 4.91 Å². The Balaban J connectivity index is 3.18. The highest BCUT2D eigenvalue weighted by atomic mass is 16.4. The van der Waals surface area contributed by atoms with Gasteiger partial charge >= 0.3 is 5.97 Å². The van der Waals surface area contributed by atoms with Crippen LogP contribution < -0.4 is 0 Å². The summed E-state index contributed by atoms with van der Waals surface area (Å²) in [6.45, 7) is 11.7. The lowest BCUT2D eigenvalue weighted by atomic mass is 9.64. The van der Waals surface area contributed by atoms with Gasteiger partial charge in [0, 0.05) is 11.1 Å². The quantitative estimate of drug-likeness (QED) is 0.804. The first-order valence-electron chi connectivity index (χ1n) is 7.10. The van der Waals surface area contributed by atoms with E-state index in [9.17, 15) is 14.8 Å². The summed E-state index contributed by atoms with van der Waals surface area (Å²) < 4.78 is 0. The van der Waals surface area contributed by atoms with Crippen molar-refractivity contribution < 1.29 is 9.90 Å². The average molecular weight is 284 g/mol. The lowest BCUT2D eigenvalue weighted by molar-refractivity contribution is -0.149. The number of aliphatic carboxylic acids is 1. The zero-order valence-electron chi connectivity index (χ0n) is 13.8. The molecule has 0 saturated carbocycles. The van der Waals surface area contributed by atoms with Crippen LogP contribution in [0, 0.1) is 10.3 Å². The van der Waals surface area contributed by atoms with Gasteiger partial charge in [-0.15, -0.1) is 0 Å². The molecule has 5 nitrogen and oxygen atoms in total. The molecule has 1 aliphatic heterocycles. The molecule has 0 bridgehead atoms. The van der Waals surface area contributed by atoms with Crippen molar-refractivity contribution in [1.82, 2.24) is 4.90 Å². The van der Waals surface area contributed by atoms with E-state index in [-0.39, 0.29) is 17.5 Å². The number of likely N-dealkylation sites (tertiary alicyclic amines) is 1. The monoisotopic (exact) mass is 284 g/mol. The highest BCUT2D eigenvalue weighted by Gasteiger charge is 2.54. The molecule has 5 heteroatoms. The number of carboxylic acids is 1. The molecule has 0 unspecified atom stereocenters. The summed E-state index contributed by atoms with van der Waals surface area (Å²) in [7, 11) is 2.05. The van der Waals surface area contributed by atoms with Crippen LogP contribution in [0.25, 0.3) is 0 Å². The molecule has 1 heterocycles. The van der Waals surface area contributed by atoms with Gasteiger partial charge in [-0.1, -0.05) is 5.18 Å². The third kappa shape index (κ3) is 3.03. The minimum atomic E-state index is -0.948. The van der Waals surface area contributed by atoms with E-state index in [1.165, 1.54) is 0 Å². The first-order chi connectivity index (χ1) is 8.78. The van der Waals surface area contributed by atoms with Gasteiger partial charge in [0.15, 0.2) is 0 Å². The van der Waals surface area contributed by atoms with Gasteiger partial charge in [-0.25, -0.2) is 0 Å². The second-order valence-corrected chi connectivity index (χ2v) is 8.22. The van der Waals surface area contributed by atoms with E-state index in [4.69, 9.17) is 0 Å². The smallest absolute Gasteiger partial charge is 0.309 e. The number of piperidine rings is 1. The van der Waals surface area contributed by atoms with Gasteiger partial charge in [0.2, 0.25) is 0 Å². The minimum absolute atomic E-state index is 0.190. The van der Waals surface area contributed by atoms with E-state index in [1.807, 2.05) is 0 Å². The van der Waals surface area contributed by atoms with Crippen molar-refractivity contribution >= 4 is 5.97 Å². The van der Waals surface area contributed by atoms with Crippen molar-refractivity contribution in [3.8, 4) is 0 Å². The number of hydrogen-bond donors (Lipinski definition) is 1. The van der Waals surface area contributed by atoms with Crippen LogP contribution in [-0.4, -0.2) is 39.6 Å². The normalized spacial score (nSPS) is 25.1. The summed E-state index contributed by atoms with van der Waals surface area (Å²) in [6, 6.07) is 0. The maximum atomic E-state index is 11.6. The first-order valence-corrected chi connectivity index (χ1v) is 7.10. The molecular weight excluding hydrogens is 256 g/mol. The Kier molecular flexibility index (Phi) is 4.09. The Labute approximate surface area is 121 Å². The van der Waals surface area contributed by atoms with Crippen LogP contribution in [0.5, 0.6) is 0 Å². The van der Waals surface area contributed by atoms with Crippen LogP contribution in [0.15, 0.2) is 5.18 Å². The molecule has 1 saturated heterocycles. The van der Waals surface area contributed by atoms with E-state index in [0.29, 0.717) is 12.8 Å². The molecule has 0 spiro atoms. The molecule has 0 radical (unpaired) electrons. The predicted octanol–water partition coefficient (Wildman–Crippen LogP) is 3.28. The largest absolute Gasteiger partial charge is 0.481 e. The van der Waals surface area contributed by atoms with Gasteiger partial charge < -0.3 is 5.11 Å². The molecule has 20 heavy (non-hydrogen) atoms. The predicted molar refractivity (Wildman–Crippen MR) is 79.7 cm³/mol. The molecule has 0 aromatic carbocycles. The fraction of sp³-hybridized carbons (Fsp3) is 0.933. The Bertz CT molecular complexity index is 395. The van der Waals surface area contributed by atoms with Crippen molar-refractivity contribution in [3.63, 3.8) is 0 Å². The van der Waals surface area contributed by atoms with Crippen LogP contribution >= 0.6 is 0 Å². The molecule has 1 rings (SSSR count). The summed E-state index contributed by atoms with van der Waals surface area (Å²) in [5, 5.41) is 12.8. The number of carbonyl (C=O) groups is 1. The molecule has 1 aliphatic rings. The van der Waals surface area contributed by atoms with Crippen LogP contribution in [0.4, 0.5) is 0 Å². The van der Waals surface area contributed by atoms with Crippen molar-refractivity contribution in [1.29, 1.82) is 0 Å². The second kappa shape index (κ2) is 4.79. The number of nitroso groups, excluding NO2 is 1. The van der Waals surface area contributed by atoms with Crippen LogP contribution in [-0.2, 0) is 4.79 Å². The van der Waals surface area contributed by atoms with E-state index in [2.05, 4.69) is 44.8 Å². The van der Waals surface area contributed by atoms with E-state index in [1.54, 1.807) is 13.8 Å². The van der Waals surface area contributed by atoms with Crippen LogP contribution in [0.1, 0.15) is 60.8 Å². The molecule has 116 valence electrons. The summed E-state index contributed by atoms with van der Waals surface area (Å²) in [5.41, 5.74) is -2.15. The van der Waals surface area contributed by atoms with Crippen molar-refractivity contribution in [2.24, 2.45) is 10.6 Å². The number of rotatable bonds is 4. The maximum absolute atomic E-state index is 11.6. The molecule has 1 N–H and O–H groups in total. The van der Waals surface area contributed by atoms with Crippen LogP contribution in [0.2, 0.25) is 0 Å². The van der Waals surface area contributed by atoms with E-state index in [0.717, 1.165) is 0 Å². The fourth-order valence-corrected chi connectivity index (χ4v) is 3.85. The number of hydrogen-bond acceptors (Lipinski definition) is 4. The third-order valence-electron chi connectivity index (χ3n) is 4.88. The highest BCUT2D eigenvalue weighted by molar-refractivity contribution is 5.73. The molecule has 1 fully saturated rings. The second-order valence-electron chi connectivity index (χ2n) is 8.22. The number of nitrogens with zero attached hydrogens (tertiary/aromatic N) is 2. The lowest BCUT2D eigenvalue weighted by Crippen LogP contribution is -2.64. The van der Waals surface area contributed by atoms with Gasteiger partial charge in [0.05, 0.1) is 5.41 Å². The summed E-state index contributed by atoms with van der Waals surface area (Å²) in [4.78, 5) is 25.2. The molecule has 0 aromatic rings. The highest BCUT2D eigenvalue weighted by Crippen LogP contribution is 2.48. The Hall–Kier alpha value is -0.970. The summed E-state index contributed by atoms with van der Waals surface area (Å²) in [5.74, 6) is -0.880. The topological polar surface area (TPSA) is 70.0 Å². The van der Waals surface area contributed by atoms with Gasteiger partial charge in [0.25, 0.3) is 0 Å². The van der Waals surface area contributed by atoms with Gasteiger partial charge in [-0.05, 0) is 67.9 Å². The van der Waals surface area contributed by atoms with Gasteiger partial charge in [0.1, 0.15) is 5.54 Å². The lowest BCUT2D eigenvalue weighted by Gasteiger charge is -2.56. The summed E-state index contributed by atoms with van der Waals surface area (Å²) in [6.07, 6.45) is 1.44. The molecule has 0 aliphatic carbocycles. The van der Waals surface area contributed by atoms with E-state index < -0.39 is 16.9 Å². The molecule has 0 aromatic heterocycles. The Morgan fingerprint density at radius 2 is 1.60 bits per heavy atom. The number of carboxylic acid groups (broad SMARTS) is 1. The van der Waals surface area contributed by atoms with Gasteiger partial charge in [-0.2, -0.15) is 4.91 Å². The SMILES string of the molecule is CN1C(C)(C)CC(CC(C)(C)C(=O)O)(N=O)CC1(C)C. The molecule has 0 amide bonds.